The molecule has 5 rings (SSSR count). The van der Waals surface area contributed by atoms with Crippen molar-refractivity contribution in [2.45, 2.75) is 44.7 Å². The lowest BCUT2D eigenvalue weighted by atomic mass is 9.82. The van der Waals surface area contributed by atoms with E-state index in [1.54, 1.807) is 6.82 Å². The molecular formula is C27H33BClN5O2. The van der Waals surface area contributed by atoms with Gasteiger partial charge >= 0.3 is 7.05 Å². The molecule has 1 saturated heterocycles. The number of nitrogens with one attached hydrogen (secondary N) is 1. The molecule has 7 nitrogen and oxygen atoms in total. The summed E-state index contributed by atoms with van der Waals surface area (Å²) in [4.78, 5) is 22.7. The average Bonchev–Trinajstić information content (AvgIpc) is 3.34. The molecule has 3 aromatic rings. The number of aryl methyl sites for hydroxylation is 3. The van der Waals surface area contributed by atoms with Crippen molar-refractivity contribution in [2.24, 2.45) is 0 Å². The van der Waals surface area contributed by atoms with Crippen LogP contribution in [0.5, 0.6) is 0 Å². The molecule has 0 bridgehead atoms. The number of rotatable bonds is 7. The molecule has 36 heavy (non-hydrogen) atoms. The first-order valence-electron chi connectivity index (χ1n) is 12.8. The number of hydrogen-bond acceptors (Lipinski definition) is 5. The molecule has 3 heterocycles. The summed E-state index contributed by atoms with van der Waals surface area (Å²) in [6.45, 7) is 4.93. The van der Waals surface area contributed by atoms with Crippen molar-refractivity contribution in [1.29, 1.82) is 0 Å². The zero-order valence-corrected chi connectivity index (χ0v) is 21.4. The minimum absolute atomic E-state index is 0.0248. The molecule has 2 atom stereocenters. The minimum Gasteiger partial charge on any atom is -0.437 e. The Labute approximate surface area is 218 Å². The molecule has 1 aliphatic heterocycles. The first-order chi connectivity index (χ1) is 17.5. The third kappa shape index (κ3) is 5.23. The van der Waals surface area contributed by atoms with Crippen LogP contribution in [0.1, 0.15) is 34.8 Å². The lowest BCUT2D eigenvalue weighted by molar-refractivity contribution is -0.129. The first kappa shape index (κ1) is 25.0. The van der Waals surface area contributed by atoms with Gasteiger partial charge in [0.05, 0.1) is 11.7 Å². The van der Waals surface area contributed by atoms with E-state index < -0.39 is 13.1 Å². The number of carbonyl (C=O) groups is 1. The lowest BCUT2D eigenvalue weighted by Crippen LogP contribution is -2.62. The van der Waals surface area contributed by atoms with Crippen molar-refractivity contribution in [1.82, 2.24) is 24.6 Å². The highest BCUT2D eigenvalue weighted by Gasteiger charge is 2.42. The molecular weight excluding hydrogens is 473 g/mol. The third-order valence-corrected chi connectivity index (χ3v) is 7.77. The molecule has 9 heteroatoms. The second kappa shape index (κ2) is 11.2. The van der Waals surface area contributed by atoms with Crippen LogP contribution in [-0.4, -0.2) is 69.5 Å². The van der Waals surface area contributed by atoms with E-state index in [-0.39, 0.29) is 11.9 Å². The number of amides is 1. The van der Waals surface area contributed by atoms with Crippen LogP contribution in [0.15, 0.2) is 61.1 Å². The summed E-state index contributed by atoms with van der Waals surface area (Å²) in [6.07, 6.45) is 8.50. The van der Waals surface area contributed by atoms with Gasteiger partial charge in [0.25, 0.3) is 0 Å². The maximum atomic E-state index is 13.7. The Hall–Kier alpha value is -2.65. The van der Waals surface area contributed by atoms with Gasteiger partial charge in [-0.1, -0.05) is 29.8 Å². The number of piperazine rings is 1. The van der Waals surface area contributed by atoms with E-state index in [0.29, 0.717) is 31.2 Å². The van der Waals surface area contributed by atoms with Gasteiger partial charge < -0.3 is 19.7 Å². The third-order valence-electron chi connectivity index (χ3n) is 7.44. The number of benzene rings is 1. The van der Waals surface area contributed by atoms with Gasteiger partial charge in [0, 0.05) is 56.3 Å². The number of fused-ring (bicyclic) bond motifs is 2. The molecule has 1 unspecified atom stereocenters. The maximum absolute atomic E-state index is 13.7. The largest absolute Gasteiger partial charge is 0.437 e. The van der Waals surface area contributed by atoms with Crippen LogP contribution in [-0.2, 0) is 24.2 Å². The first-order valence-corrected chi connectivity index (χ1v) is 13.2. The van der Waals surface area contributed by atoms with Crippen LogP contribution >= 0.6 is 11.6 Å². The molecule has 188 valence electrons. The second-order valence-corrected chi connectivity index (χ2v) is 10.1. The summed E-state index contributed by atoms with van der Waals surface area (Å²) >= 11 is 6.85. The fraction of sp³-hybridized carbons (Fsp3) is 0.407. The Morgan fingerprint density at radius 1 is 1.14 bits per heavy atom. The predicted molar refractivity (Wildman–Crippen MR) is 143 cm³/mol. The van der Waals surface area contributed by atoms with Crippen LogP contribution in [0.3, 0.4) is 0 Å². The van der Waals surface area contributed by atoms with E-state index in [1.165, 1.54) is 11.1 Å². The van der Waals surface area contributed by atoms with Crippen LogP contribution in [0.2, 0.25) is 11.8 Å². The summed E-state index contributed by atoms with van der Waals surface area (Å²) < 4.78 is 2.11. The topological polar surface area (TPSA) is 73.6 Å². The quantitative estimate of drug-likeness (QED) is 0.381. The van der Waals surface area contributed by atoms with Crippen molar-refractivity contribution >= 4 is 24.6 Å². The molecule has 1 aliphatic carbocycles. The van der Waals surface area contributed by atoms with Crippen LogP contribution in [0.25, 0.3) is 0 Å². The highest BCUT2D eigenvalue weighted by atomic mass is 35.5. The van der Waals surface area contributed by atoms with Crippen LogP contribution < -0.4 is 5.32 Å². The lowest BCUT2D eigenvalue weighted by Gasteiger charge is -2.45. The molecule has 2 aromatic heterocycles. The highest BCUT2D eigenvalue weighted by Crippen LogP contribution is 2.41. The smallest absolute Gasteiger partial charge is 0.376 e. The Kier molecular flexibility index (Phi) is 7.77. The summed E-state index contributed by atoms with van der Waals surface area (Å²) in [7, 11) is -0.619. The van der Waals surface area contributed by atoms with Crippen molar-refractivity contribution in [3.05, 3.63) is 88.5 Å². The number of nitrogens with zero attached hydrogens (tertiary/aromatic N) is 4. The molecule has 1 aromatic carbocycles. The molecule has 0 radical (unpaired) electrons. The van der Waals surface area contributed by atoms with E-state index >= 15 is 0 Å². The molecule has 2 N–H and O–H groups in total. The van der Waals surface area contributed by atoms with Gasteiger partial charge in [-0.25, -0.2) is 0 Å². The Morgan fingerprint density at radius 2 is 1.92 bits per heavy atom. The van der Waals surface area contributed by atoms with Gasteiger partial charge in [0.1, 0.15) is 6.04 Å². The van der Waals surface area contributed by atoms with Gasteiger partial charge in [0.2, 0.25) is 5.91 Å². The van der Waals surface area contributed by atoms with E-state index in [0.717, 1.165) is 37.1 Å². The Bertz CT molecular complexity index is 1190. The van der Waals surface area contributed by atoms with Crippen molar-refractivity contribution < 1.29 is 9.82 Å². The Balaban J connectivity index is 1.45. The predicted octanol–water partition coefficient (Wildman–Crippen LogP) is 3.03. The SMILES string of the molecule is CB(O)N1CCN(C2c3ncccc3CCc3cccc(Cl)c32)[C@@H](C(=O)NCCCn2cccc2)C1. The summed E-state index contributed by atoms with van der Waals surface area (Å²) in [5.74, 6) is -0.0248. The summed E-state index contributed by atoms with van der Waals surface area (Å²) in [5.41, 5.74) is 4.42. The number of halogens is 1. The average molecular weight is 506 g/mol. The molecule has 0 saturated carbocycles. The fourth-order valence-electron chi connectivity index (χ4n) is 5.55. The van der Waals surface area contributed by atoms with Gasteiger partial charge in [-0.3, -0.25) is 14.7 Å². The number of aromatic nitrogens is 2. The normalized spacial score (nSPS) is 20.3. The molecule has 2 aliphatic rings. The standard InChI is InChI=1S/C27H33BClN5O2/c1-28(36)33-17-18-34(23(19-33)27(35)31-13-6-16-32-14-2-3-15-32)26-24-20(7-4-9-22(24)29)10-11-21-8-5-12-30-25(21)26/h2-5,7-9,12,14-15,23,26,36H,6,10-11,13,16-19H2,1H3,(H,31,35)/t23-,26?/m1/s1. The van der Waals surface area contributed by atoms with E-state index in [9.17, 15) is 9.82 Å². The van der Waals surface area contributed by atoms with Crippen molar-refractivity contribution in [3.8, 4) is 0 Å². The van der Waals surface area contributed by atoms with Crippen LogP contribution in [0.4, 0.5) is 0 Å². The van der Waals surface area contributed by atoms with Crippen molar-refractivity contribution in [3.63, 3.8) is 0 Å². The summed E-state index contributed by atoms with van der Waals surface area (Å²) in [5, 5.41) is 14.2. The Morgan fingerprint density at radius 3 is 2.72 bits per heavy atom. The summed E-state index contributed by atoms with van der Waals surface area (Å²) in [6, 6.07) is 13.5. The van der Waals surface area contributed by atoms with Crippen LogP contribution in [0, 0.1) is 0 Å². The van der Waals surface area contributed by atoms with E-state index in [2.05, 4.69) is 26.9 Å². The molecule has 1 amide bonds. The number of carbonyl (C=O) groups excluding carboxylic acids is 1. The minimum atomic E-state index is -0.619. The fourth-order valence-corrected chi connectivity index (χ4v) is 5.85. The van der Waals surface area contributed by atoms with Gasteiger partial charge in [-0.05, 0) is 67.0 Å². The second-order valence-electron chi connectivity index (χ2n) is 9.71. The monoisotopic (exact) mass is 505 g/mol. The maximum Gasteiger partial charge on any atom is 0.376 e. The van der Waals surface area contributed by atoms with Gasteiger partial charge in [-0.15, -0.1) is 0 Å². The zero-order valence-electron chi connectivity index (χ0n) is 20.7. The number of pyridine rings is 1. The zero-order chi connectivity index (χ0) is 25.1. The van der Waals surface area contributed by atoms with Gasteiger partial charge in [-0.2, -0.15) is 0 Å². The van der Waals surface area contributed by atoms with Gasteiger partial charge in [0.15, 0.2) is 0 Å². The molecule has 1 fully saturated rings. The highest BCUT2D eigenvalue weighted by molar-refractivity contribution is 6.45. The van der Waals surface area contributed by atoms with E-state index in [1.807, 2.05) is 53.7 Å². The molecule has 0 spiro atoms. The van der Waals surface area contributed by atoms with Crippen molar-refractivity contribution in [2.75, 3.05) is 26.2 Å². The number of hydrogen-bond donors (Lipinski definition) is 2. The van der Waals surface area contributed by atoms with E-state index in [4.69, 9.17) is 16.6 Å².